The van der Waals surface area contributed by atoms with Gasteiger partial charge in [0.2, 0.25) is 10.0 Å². The number of carbonyl (C=O) groups excluding carboxylic acids is 1. The molecule has 0 aliphatic carbocycles. The SMILES string of the molecule is Cn1c(=O)cc(C(=O)NCCNS(=O)(=O)c2cccc(Cl)c2)c2ccccc21. The van der Waals surface area contributed by atoms with Crippen LogP contribution in [0.5, 0.6) is 0 Å². The Morgan fingerprint density at radius 3 is 2.57 bits per heavy atom. The largest absolute Gasteiger partial charge is 0.351 e. The Labute approximate surface area is 167 Å². The first-order valence-electron chi connectivity index (χ1n) is 8.42. The predicted molar refractivity (Wildman–Crippen MR) is 108 cm³/mol. The average Bonchev–Trinajstić information content (AvgIpc) is 2.68. The van der Waals surface area contributed by atoms with Crippen LogP contribution in [-0.4, -0.2) is 32.0 Å². The molecule has 0 aliphatic heterocycles. The number of amides is 1. The first kappa shape index (κ1) is 20.1. The number of rotatable bonds is 6. The third-order valence-corrected chi connectivity index (χ3v) is 5.90. The van der Waals surface area contributed by atoms with Crippen LogP contribution in [0.1, 0.15) is 10.4 Å². The third kappa shape index (κ3) is 4.24. The molecule has 3 rings (SSSR count). The fourth-order valence-electron chi connectivity index (χ4n) is 2.77. The molecule has 0 bridgehead atoms. The van der Waals surface area contributed by atoms with E-state index in [0.717, 1.165) is 0 Å². The summed E-state index contributed by atoms with van der Waals surface area (Å²) in [5.41, 5.74) is 0.587. The molecule has 0 unspecified atom stereocenters. The number of hydrogen-bond acceptors (Lipinski definition) is 4. The predicted octanol–water partition coefficient (Wildman–Crippen LogP) is 1.90. The lowest BCUT2D eigenvalue weighted by Crippen LogP contribution is -2.35. The Morgan fingerprint density at radius 2 is 1.82 bits per heavy atom. The normalized spacial score (nSPS) is 11.5. The molecule has 1 aromatic heterocycles. The molecule has 1 heterocycles. The summed E-state index contributed by atoms with van der Waals surface area (Å²) < 4.78 is 28.3. The minimum Gasteiger partial charge on any atom is -0.351 e. The third-order valence-electron chi connectivity index (χ3n) is 4.21. The lowest BCUT2D eigenvalue weighted by molar-refractivity contribution is 0.0955. The summed E-state index contributed by atoms with van der Waals surface area (Å²) in [4.78, 5) is 24.6. The van der Waals surface area contributed by atoms with E-state index in [1.54, 1.807) is 43.4 Å². The van der Waals surface area contributed by atoms with Gasteiger partial charge < -0.3 is 9.88 Å². The number of carbonyl (C=O) groups is 1. The van der Waals surface area contributed by atoms with E-state index in [9.17, 15) is 18.0 Å². The molecule has 2 N–H and O–H groups in total. The van der Waals surface area contributed by atoms with Crippen LogP contribution >= 0.6 is 11.6 Å². The van der Waals surface area contributed by atoms with E-state index in [0.29, 0.717) is 15.9 Å². The molecular formula is C19H18ClN3O4S. The van der Waals surface area contributed by atoms with E-state index < -0.39 is 15.9 Å². The maximum absolute atomic E-state index is 12.5. The van der Waals surface area contributed by atoms with Crippen molar-refractivity contribution >= 4 is 38.4 Å². The molecule has 1 amide bonds. The fraction of sp³-hybridized carbons (Fsp3) is 0.158. The van der Waals surface area contributed by atoms with E-state index in [2.05, 4.69) is 10.0 Å². The monoisotopic (exact) mass is 419 g/mol. The van der Waals surface area contributed by atoms with Gasteiger partial charge in [-0.25, -0.2) is 13.1 Å². The Balaban J connectivity index is 1.68. The van der Waals surface area contributed by atoms with Gasteiger partial charge in [-0.1, -0.05) is 35.9 Å². The van der Waals surface area contributed by atoms with Gasteiger partial charge in [-0.3, -0.25) is 9.59 Å². The van der Waals surface area contributed by atoms with Crippen LogP contribution in [0.3, 0.4) is 0 Å². The van der Waals surface area contributed by atoms with E-state index >= 15 is 0 Å². The summed E-state index contributed by atoms with van der Waals surface area (Å²) in [5, 5.41) is 3.59. The maximum atomic E-state index is 12.5. The molecule has 0 radical (unpaired) electrons. The van der Waals surface area contributed by atoms with Crippen LogP contribution in [0.4, 0.5) is 0 Å². The Kier molecular flexibility index (Phi) is 5.83. The summed E-state index contributed by atoms with van der Waals surface area (Å²) in [6, 6.07) is 14.2. The topological polar surface area (TPSA) is 97.3 Å². The number of hydrogen-bond donors (Lipinski definition) is 2. The number of para-hydroxylation sites is 1. The summed E-state index contributed by atoms with van der Waals surface area (Å²) in [7, 11) is -2.10. The van der Waals surface area contributed by atoms with Gasteiger partial charge in [0.25, 0.3) is 11.5 Å². The van der Waals surface area contributed by atoms with Crippen LogP contribution in [-0.2, 0) is 17.1 Å². The smallest absolute Gasteiger partial charge is 0.252 e. The highest BCUT2D eigenvalue weighted by Crippen LogP contribution is 2.16. The number of nitrogens with one attached hydrogen (secondary N) is 2. The standard InChI is InChI=1S/C19H18ClN3O4S/c1-23-17-8-3-2-7-15(17)16(12-18(23)24)19(25)21-9-10-22-28(26,27)14-6-4-5-13(20)11-14/h2-8,11-12,22H,9-10H2,1H3,(H,21,25). The Hall–Kier alpha value is -2.68. The van der Waals surface area contributed by atoms with Crippen molar-refractivity contribution in [3.05, 3.63) is 75.5 Å². The van der Waals surface area contributed by atoms with Gasteiger partial charge in [0.1, 0.15) is 0 Å². The highest BCUT2D eigenvalue weighted by Gasteiger charge is 2.15. The summed E-state index contributed by atoms with van der Waals surface area (Å²) in [5.74, 6) is -0.448. The van der Waals surface area contributed by atoms with Crippen LogP contribution in [0.15, 0.2) is 64.3 Å². The zero-order valence-corrected chi connectivity index (χ0v) is 16.5. The number of halogens is 1. The molecule has 3 aromatic rings. The number of aromatic nitrogens is 1. The number of benzene rings is 2. The van der Waals surface area contributed by atoms with Crippen molar-refractivity contribution in [1.82, 2.24) is 14.6 Å². The molecule has 0 aliphatic rings. The number of sulfonamides is 1. The van der Waals surface area contributed by atoms with Gasteiger partial charge >= 0.3 is 0 Å². The van der Waals surface area contributed by atoms with Gasteiger partial charge in [0, 0.05) is 36.6 Å². The van der Waals surface area contributed by atoms with E-state index in [1.807, 2.05) is 0 Å². The molecule has 7 nitrogen and oxygen atoms in total. The van der Waals surface area contributed by atoms with Crippen molar-refractivity contribution in [2.75, 3.05) is 13.1 Å². The molecule has 0 spiro atoms. The lowest BCUT2D eigenvalue weighted by atomic mass is 10.1. The highest BCUT2D eigenvalue weighted by molar-refractivity contribution is 7.89. The van der Waals surface area contributed by atoms with E-state index in [1.165, 1.54) is 22.8 Å². The van der Waals surface area contributed by atoms with Crippen LogP contribution in [0.25, 0.3) is 10.9 Å². The quantitative estimate of drug-likeness (QED) is 0.596. The minimum atomic E-state index is -3.73. The zero-order chi connectivity index (χ0) is 20.3. The second-order valence-corrected chi connectivity index (χ2v) is 8.29. The van der Waals surface area contributed by atoms with Crippen molar-refractivity contribution in [2.24, 2.45) is 7.05 Å². The van der Waals surface area contributed by atoms with Gasteiger partial charge in [-0.05, 0) is 24.3 Å². The zero-order valence-electron chi connectivity index (χ0n) is 15.0. The summed E-state index contributed by atoms with van der Waals surface area (Å²) in [6.45, 7) is 0.0472. The highest BCUT2D eigenvalue weighted by atomic mass is 35.5. The second-order valence-electron chi connectivity index (χ2n) is 6.08. The number of nitrogens with zero attached hydrogens (tertiary/aromatic N) is 1. The van der Waals surface area contributed by atoms with Gasteiger partial charge in [0.15, 0.2) is 0 Å². The Morgan fingerprint density at radius 1 is 1.07 bits per heavy atom. The van der Waals surface area contributed by atoms with Crippen molar-refractivity contribution in [2.45, 2.75) is 4.90 Å². The molecule has 0 atom stereocenters. The molecule has 0 saturated carbocycles. The van der Waals surface area contributed by atoms with Crippen molar-refractivity contribution in [3.8, 4) is 0 Å². The summed E-state index contributed by atoms with van der Waals surface area (Å²) in [6.07, 6.45) is 0. The van der Waals surface area contributed by atoms with Crippen LogP contribution in [0.2, 0.25) is 5.02 Å². The van der Waals surface area contributed by atoms with Crippen molar-refractivity contribution < 1.29 is 13.2 Å². The molecule has 9 heteroatoms. The summed E-state index contributed by atoms with van der Waals surface area (Å²) >= 11 is 5.82. The van der Waals surface area contributed by atoms with Crippen molar-refractivity contribution in [3.63, 3.8) is 0 Å². The average molecular weight is 420 g/mol. The van der Waals surface area contributed by atoms with Gasteiger partial charge in [-0.2, -0.15) is 0 Å². The molecule has 28 heavy (non-hydrogen) atoms. The maximum Gasteiger partial charge on any atom is 0.252 e. The van der Waals surface area contributed by atoms with Gasteiger partial charge in [-0.15, -0.1) is 0 Å². The molecular weight excluding hydrogens is 402 g/mol. The lowest BCUT2D eigenvalue weighted by Gasteiger charge is -2.11. The molecule has 0 saturated heterocycles. The Bertz CT molecular complexity index is 1210. The van der Waals surface area contributed by atoms with Crippen molar-refractivity contribution in [1.29, 1.82) is 0 Å². The molecule has 146 valence electrons. The number of aryl methyl sites for hydroxylation is 1. The number of fused-ring (bicyclic) bond motifs is 1. The van der Waals surface area contributed by atoms with Crippen LogP contribution in [0, 0.1) is 0 Å². The van der Waals surface area contributed by atoms with E-state index in [-0.39, 0.29) is 29.1 Å². The first-order chi connectivity index (χ1) is 13.3. The minimum absolute atomic E-state index is 0.0106. The van der Waals surface area contributed by atoms with E-state index in [4.69, 9.17) is 11.6 Å². The molecule has 0 fully saturated rings. The molecule has 2 aromatic carbocycles. The first-order valence-corrected chi connectivity index (χ1v) is 10.3. The second kappa shape index (κ2) is 8.14. The number of pyridine rings is 1. The van der Waals surface area contributed by atoms with Crippen LogP contribution < -0.4 is 15.6 Å². The van der Waals surface area contributed by atoms with Gasteiger partial charge in [0.05, 0.1) is 16.0 Å². The fourth-order valence-corrected chi connectivity index (χ4v) is 4.10.